The summed E-state index contributed by atoms with van der Waals surface area (Å²) < 4.78 is 12.5. The van der Waals surface area contributed by atoms with Gasteiger partial charge in [0.2, 0.25) is 0 Å². The largest absolute Gasteiger partial charge is 0.323 e. The molecule has 0 saturated heterocycles. The molecular weight excluding hydrogens is 254 g/mol. The van der Waals surface area contributed by atoms with Crippen molar-refractivity contribution in [1.29, 1.82) is 0 Å². The highest BCUT2D eigenvalue weighted by Gasteiger charge is 2.21. The standard InChI is InChI=1S/C16H19NOS/c1-12-8-10-14(11-9-12)16(17)13(2)19(18)15-6-4-3-5-7-15/h3-11,13,16H,17H2,1-2H3. The van der Waals surface area contributed by atoms with Crippen molar-refractivity contribution in [2.45, 2.75) is 30.0 Å². The summed E-state index contributed by atoms with van der Waals surface area (Å²) in [5.74, 6) is 0. The third kappa shape index (κ3) is 3.31. The minimum atomic E-state index is -1.09. The maximum absolute atomic E-state index is 12.5. The maximum atomic E-state index is 12.5. The molecule has 2 aromatic rings. The zero-order valence-electron chi connectivity index (χ0n) is 11.2. The van der Waals surface area contributed by atoms with Crippen LogP contribution in [-0.4, -0.2) is 9.46 Å². The monoisotopic (exact) mass is 273 g/mol. The molecular formula is C16H19NOS. The van der Waals surface area contributed by atoms with Crippen molar-refractivity contribution in [2.24, 2.45) is 5.73 Å². The van der Waals surface area contributed by atoms with Crippen LogP contribution in [0.15, 0.2) is 59.5 Å². The molecule has 0 aliphatic rings. The number of nitrogens with two attached hydrogens (primary N) is 1. The number of benzene rings is 2. The Morgan fingerprint density at radius 3 is 2.16 bits per heavy atom. The van der Waals surface area contributed by atoms with Crippen molar-refractivity contribution in [3.05, 3.63) is 65.7 Å². The highest BCUT2D eigenvalue weighted by Crippen LogP contribution is 2.22. The van der Waals surface area contributed by atoms with E-state index in [-0.39, 0.29) is 11.3 Å². The van der Waals surface area contributed by atoms with Crippen LogP contribution in [0.25, 0.3) is 0 Å². The lowest BCUT2D eigenvalue weighted by Crippen LogP contribution is -2.27. The number of hydrogen-bond acceptors (Lipinski definition) is 2. The molecule has 0 fully saturated rings. The molecule has 0 heterocycles. The minimum absolute atomic E-state index is 0.120. The summed E-state index contributed by atoms with van der Waals surface area (Å²) in [7, 11) is -1.09. The third-order valence-electron chi connectivity index (χ3n) is 3.28. The second-order valence-electron chi connectivity index (χ2n) is 4.75. The molecule has 3 unspecified atom stereocenters. The topological polar surface area (TPSA) is 43.1 Å². The van der Waals surface area contributed by atoms with Gasteiger partial charge in [0.1, 0.15) is 0 Å². The van der Waals surface area contributed by atoms with Gasteiger partial charge in [0, 0.05) is 10.9 Å². The quantitative estimate of drug-likeness (QED) is 0.929. The van der Waals surface area contributed by atoms with E-state index in [1.165, 1.54) is 5.56 Å². The first-order valence-corrected chi connectivity index (χ1v) is 7.58. The predicted molar refractivity (Wildman–Crippen MR) is 80.4 cm³/mol. The van der Waals surface area contributed by atoms with E-state index in [4.69, 9.17) is 5.73 Å². The number of aryl methyl sites for hydroxylation is 1. The van der Waals surface area contributed by atoms with Crippen molar-refractivity contribution in [3.8, 4) is 0 Å². The molecule has 3 atom stereocenters. The van der Waals surface area contributed by atoms with E-state index in [0.29, 0.717) is 0 Å². The highest BCUT2D eigenvalue weighted by atomic mass is 32.2. The summed E-state index contributed by atoms with van der Waals surface area (Å²) in [6.45, 7) is 3.98. The second-order valence-corrected chi connectivity index (χ2v) is 6.56. The van der Waals surface area contributed by atoms with Gasteiger partial charge in [-0.25, -0.2) is 0 Å². The Labute approximate surface area is 117 Å². The van der Waals surface area contributed by atoms with Crippen LogP contribution in [0, 0.1) is 6.92 Å². The van der Waals surface area contributed by atoms with Crippen LogP contribution >= 0.6 is 0 Å². The van der Waals surface area contributed by atoms with Gasteiger partial charge >= 0.3 is 0 Å². The second kappa shape index (κ2) is 6.13. The Morgan fingerprint density at radius 1 is 1.00 bits per heavy atom. The Morgan fingerprint density at radius 2 is 1.58 bits per heavy atom. The van der Waals surface area contributed by atoms with E-state index < -0.39 is 10.8 Å². The Kier molecular flexibility index (Phi) is 4.51. The minimum Gasteiger partial charge on any atom is -0.323 e. The number of hydrogen-bond donors (Lipinski definition) is 1. The Balaban J connectivity index is 2.17. The fraction of sp³-hybridized carbons (Fsp3) is 0.250. The molecule has 0 amide bonds. The summed E-state index contributed by atoms with van der Waals surface area (Å²) in [4.78, 5) is 0.831. The summed E-state index contributed by atoms with van der Waals surface area (Å²) in [5, 5.41) is -0.120. The first-order chi connectivity index (χ1) is 9.09. The SMILES string of the molecule is Cc1ccc(C(N)C(C)S(=O)c2ccccc2)cc1. The molecule has 0 saturated carbocycles. The highest BCUT2D eigenvalue weighted by molar-refractivity contribution is 7.85. The van der Waals surface area contributed by atoms with Crippen LogP contribution in [0.1, 0.15) is 24.1 Å². The van der Waals surface area contributed by atoms with Crippen molar-refractivity contribution < 1.29 is 4.21 Å². The zero-order valence-corrected chi connectivity index (χ0v) is 12.1. The fourth-order valence-corrected chi connectivity index (χ4v) is 3.24. The molecule has 0 radical (unpaired) electrons. The van der Waals surface area contributed by atoms with Crippen LogP contribution < -0.4 is 5.73 Å². The maximum Gasteiger partial charge on any atom is 0.0577 e. The molecule has 2 nitrogen and oxygen atoms in total. The van der Waals surface area contributed by atoms with Crippen LogP contribution in [0.4, 0.5) is 0 Å². The summed E-state index contributed by atoms with van der Waals surface area (Å²) >= 11 is 0. The van der Waals surface area contributed by atoms with E-state index in [9.17, 15) is 4.21 Å². The van der Waals surface area contributed by atoms with Crippen molar-refractivity contribution in [2.75, 3.05) is 0 Å². The van der Waals surface area contributed by atoms with Gasteiger partial charge in [-0.1, -0.05) is 48.0 Å². The van der Waals surface area contributed by atoms with Gasteiger partial charge in [0.05, 0.1) is 16.0 Å². The van der Waals surface area contributed by atoms with Crippen molar-refractivity contribution in [1.82, 2.24) is 0 Å². The zero-order chi connectivity index (χ0) is 13.8. The van der Waals surface area contributed by atoms with E-state index in [2.05, 4.69) is 0 Å². The summed E-state index contributed by atoms with van der Waals surface area (Å²) in [6, 6.07) is 17.4. The lowest BCUT2D eigenvalue weighted by atomic mass is 10.0. The third-order valence-corrected chi connectivity index (χ3v) is 4.99. The molecule has 0 bridgehead atoms. The molecule has 2 N–H and O–H groups in total. The summed E-state index contributed by atoms with van der Waals surface area (Å²) in [6.07, 6.45) is 0. The smallest absolute Gasteiger partial charge is 0.0577 e. The molecule has 0 aliphatic heterocycles. The van der Waals surface area contributed by atoms with Gasteiger partial charge in [-0.05, 0) is 31.5 Å². The van der Waals surface area contributed by atoms with Gasteiger partial charge in [-0.3, -0.25) is 4.21 Å². The van der Waals surface area contributed by atoms with E-state index >= 15 is 0 Å². The summed E-state index contributed by atoms with van der Waals surface area (Å²) in [5.41, 5.74) is 8.47. The van der Waals surface area contributed by atoms with Crippen LogP contribution in [0.2, 0.25) is 0 Å². The van der Waals surface area contributed by atoms with Crippen LogP contribution in [0.3, 0.4) is 0 Å². The van der Waals surface area contributed by atoms with Gasteiger partial charge in [-0.2, -0.15) is 0 Å². The van der Waals surface area contributed by atoms with Gasteiger partial charge in [-0.15, -0.1) is 0 Å². The first kappa shape index (κ1) is 14.0. The number of rotatable bonds is 4. The molecule has 2 aromatic carbocycles. The molecule has 100 valence electrons. The fourth-order valence-electron chi connectivity index (χ4n) is 1.96. The molecule has 0 aliphatic carbocycles. The molecule has 19 heavy (non-hydrogen) atoms. The molecule has 0 aromatic heterocycles. The van der Waals surface area contributed by atoms with Gasteiger partial charge in [0.15, 0.2) is 0 Å². The van der Waals surface area contributed by atoms with Crippen LogP contribution in [-0.2, 0) is 10.8 Å². The van der Waals surface area contributed by atoms with E-state index in [0.717, 1.165) is 10.5 Å². The predicted octanol–water partition coefficient (Wildman–Crippen LogP) is 3.19. The lowest BCUT2D eigenvalue weighted by Gasteiger charge is -2.20. The Hall–Kier alpha value is -1.45. The van der Waals surface area contributed by atoms with Gasteiger partial charge < -0.3 is 5.73 Å². The molecule has 2 rings (SSSR count). The van der Waals surface area contributed by atoms with E-state index in [1.807, 2.05) is 68.4 Å². The molecule has 3 heteroatoms. The van der Waals surface area contributed by atoms with E-state index in [1.54, 1.807) is 0 Å². The average Bonchev–Trinajstić information content (AvgIpc) is 2.46. The average molecular weight is 273 g/mol. The first-order valence-electron chi connectivity index (χ1n) is 6.37. The molecule has 0 spiro atoms. The van der Waals surface area contributed by atoms with Crippen molar-refractivity contribution >= 4 is 10.8 Å². The lowest BCUT2D eigenvalue weighted by molar-refractivity contribution is 0.643. The van der Waals surface area contributed by atoms with Crippen molar-refractivity contribution in [3.63, 3.8) is 0 Å². The van der Waals surface area contributed by atoms with Gasteiger partial charge in [0.25, 0.3) is 0 Å². The normalized spacial score (nSPS) is 15.7. The Bertz CT molecular complexity index is 551. The van der Waals surface area contributed by atoms with Crippen LogP contribution in [0.5, 0.6) is 0 Å².